The zero-order valence-electron chi connectivity index (χ0n) is 9.16. The van der Waals surface area contributed by atoms with Crippen molar-refractivity contribution in [3.8, 4) is 10.6 Å². The second-order valence-electron chi connectivity index (χ2n) is 3.54. The number of hydrogen-bond acceptors (Lipinski definition) is 3. The number of methoxy groups -OCH3 is 1. The highest BCUT2D eigenvalue weighted by molar-refractivity contribution is 7.13. The second-order valence-corrected chi connectivity index (χ2v) is 4.39. The Labute approximate surface area is 97.7 Å². The van der Waals surface area contributed by atoms with Crippen LogP contribution in [0.3, 0.4) is 0 Å². The van der Waals surface area contributed by atoms with E-state index in [2.05, 4.69) is 4.98 Å². The minimum Gasteiger partial charge on any atom is -0.378 e. The summed E-state index contributed by atoms with van der Waals surface area (Å²) in [6.07, 6.45) is 0. The van der Waals surface area contributed by atoms with Gasteiger partial charge in [-0.2, -0.15) is 0 Å². The molecule has 0 bridgehead atoms. The predicted molar refractivity (Wildman–Crippen MR) is 63.0 cm³/mol. The third-order valence-corrected chi connectivity index (χ3v) is 3.20. The van der Waals surface area contributed by atoms with Crippen LogP contribution in [0.5, 0.6) is 0 Å². The Morgan fingerprint density at radius 3 is 3.00 bits per heavy atom. The Balaban J connectivity index is 2.38. The largest absolute Gasteiger partial charge is 0.378 e. The number of ether oxygens (including phenoxy) is 1. The molecule has 1 aromatic heterocycles. The van der Waals surface area contributed by atoms with Crippen LogP contribution in [0, 0.1) is 12.7 Å². The van der Waals surface area contributed by atoms with Gasteiger partial charge in [-0.25, -0.2) is 9.37 Å². The molecule has 2 rings (SSSR count). The third kappa shape index (κ3) is 2.28. The molecule has 0 aliphatic heterocycles. The SMILES string of the molecule is COCc1csc(-c2cc(F)ccc2C)n1. The fourth-order valence-corrected chi connectivity index (χ4v) is 2.35. The molecule has 84 valence electrons. The molecule has 0 saturated heterocycles. The van der Waals surface area contributed by atoms with Gasteiger partial charge in [0.05, 0.1) is 12.3 Å². The normalized spacial score (nSPS) is 10.7. The maximum Gasteiger partial charge on any atom is 0.124 e. The molecule has 0 N–H and O–H groups in total. The first-order chi connectivity index (χ1) is 7.70. The molecular formula is C12H12FNOS. The van der Waals surface area contributed by atoms with E-state index in [0.717, 1.165) is 21.8 Å². The van der Waals surface area contributed by atoms with Crippen LogP contribution in [0.2, 0.25) is 0 Å². The summed E-state index contributed by atoms with van der Waals surface area (Å²) in [7, 11) is 1.63. The van der Waals surface area contributed by atoms with E-state index in [1.807, 2.05) is 12.3 Å². The highest BCUT2D eigenvalue weighted by Gasteiger charge is 2.08. The molecule has 0 amide bonds. The molecule has 0 aliphatic carbocycles. The summed E-state index contributed by atoms with van der Waals surface area (Å²) in [5.41, 5.74) is 2.76. The van der Waals surface area contributed by atoms with Gasteiger partial charge in [0.2, 0.25) is 0 Å². The highest BCUT2D eigenvalue weighted by atomic mass is 32.1. The summed E-state index contributed by atoms with van der Waals surface area (Å²) in [5.74, 6) is -0.232. The van der Waals surface area contributed by atoms with Crippen molar-refractivity contribution in [3.63, 3.8) is 0 Å². The summed E-state index contributed by atoms with van der Waals surface area (Å²) < 4.78 is 18.1. The fraction of sp³-hybridized carbons (Fsp3) is 0.250. The van der Waals surface area contributed by atoms with Gasteiger partial charge in [0.25, 0.3) is 0 Å². The molecule has 2 nitrogen and oxygen atoms in total. The Bertz CT molecular complexity index is 496. The zero-order chi connectivity index (χ0) is 11.5. The van der Waals surface area contributed by atoms with E-state index >= 15 is 0 Å². The number of aromatic nitrogens is 1. The van der Waals surface area contributed by atoms with Gasteiger partial charge < -0.3 is 4.74 Å². The average molecular weight is 237 g/mol. The van der Waals surface area contributed by atoms with Gasteiger partial charge >= 0.3 is 0 Å². The average Bonchev–Trinajstić information content (AvgIpc) is 2.71. The Morgan fingerprint density at radius 2 is 2.25 bits per heavy atom. The van der Waals surface area contributed by atoms with Crippen molar-refractivity contribution in [3.05, 3.63) is 40.7 Å². The number of hydrogen-bond donors (Lipinski definition) is 0. The van der Waals surface area contributed by atoms with Gasteiger partial charge in [-0.1, -0.05) is 6.07 Å². The minimum atomic E-state index is -0.232. The van der Waals surface area contributed by atoms with E-state index in [0.29, 0.717) is 6.61 Å². The lowest BCUT2D eigenvalue weighted by molar-refractivity contribution is 0.182. The molecule has 0 fully saturated rings. The molecule has 0 aliphatic rings. The maximum atomic E-state index is 13.1. The molecule has 0 saturated carbocycles. The molecule has 0 spiro atoms. The fourth-order valence-electron chi connectivity index (χ4n) is 1.47. The summed E-state index contributed by atoms with van der Waals surface area (Å²) in [5, 5.41) is 2.77. The number of benzene rings is 1. The Hall–Kier alpha value is -1.26. The first-order valence-electron chi connectivity index (χ1n) is 4.90. The topological polar surface area (TPSA) is 22.1 Å². The Kier molecular flexibility index (Phi) is 3.31. The van der Waals surface area contributed by atoms with E-state index in [9.17, 15) is 4.39 Å². The monoisotopic (exact) mass is 237 g/mol. The van der Waals surface area contributed by atoms with Crippen molar-refractivity contribution < 1.29 is 9.13 Å². The number of nitrogens with zero attached hydrogens (tertiary/aromatic N) is 1. The van der Waals surface area contributed by atoms with Crippen molar-refractivity contribution in [2.75, 3.05) is 7.11 Å². The van der Waals surface area contributed by atoms with E-state index < -0.39 is 0 Å². The second kappa shape index (κ2) is 4.72. The molecule has 4 heteroatoms. The van der Waals surface area contributed by atoms with Crippen LogP contribution in [-0.4, -0.2) is 12.1 Å². The van der Waals surface area contributed by atoms with Crippen LogP contribution in [0.1, 0.15) is 11.3 Å². The maximum absolute atomic E-state index is 13.1. The first-order valence-corrected chi connectivity index (χ1v) is 5.78. The zero-order valence-corrected chi connectivity index (χ0v) is 9.97. The van der Waals surface area contributed by atoms with E-state index in [1.54, 1.807) is 13.2 Å². The molecule has 2 aromatic rings. The molecule has 0 unspecified atom stereocenters. The van der Waals surface area contributed by atoms with Crippen molar-refractivity contribution in [1.82, 2.24) is 4.98 Å². The predicted octanol–water partition coefficient (Wildman–Crippen LogP) is 3.40. The lowest BCUT2D eigenvalue weighted by Gasteiger charge is -2.01. The van der Waals surface area contributed by atoms with Gasteiger partial charge in [0.15, 0.2) is 0 Å². The lowest BCUT2D eigenvalue weighted by atomic mass is 10.1. The van der Waals surface area contributed by atoms with Crippen molar-refractivity contribution >= 4 is 11.3 Å². The van der Waals surface area contributed by atoms with Crippen LogP contribution >= 0.6 is 11.3 Å². The highest BCUT2D eigenvalue weighted by Crippen LogP contribution is 2.27. The summed E-state index contributed by atoms with van der Waals surface area (Å²) >= 11 is 1.51. The van der Waals surface area contributed by atoms with E-state index in [-0.39, 0.29) is 5.82 Å². The van der Waals surface area contributed by atoms with Gasteiger partial charge in [0.1, 0.15) is 10.8 Å². The van der Waals surface area contributed by atoms with Crippen LogP contribution < -0.4 is 0 Å². The van der Waals surface area contributed by atoms with Crippen molar-refractivity contribution in [2.24, 2.45) is 0 Å². The standard InChI is InChI=1S/C12H12FNOS/c1-8-3-4-9(13)5-11(8)12-14-10(6-15-2)7-16-12/h3-5,7H,6H2,1-2H3. The third-order valence-electron chi connectivity index (χ3n) is 2.27. The van der Waals surface area contributed by atoms with Crippen LogP contribution in [0.25, 0.3) is 10.6 Å². The summed E-state index contributed by atoms with van der Waals surface area (Å²) in [6, 6.07) is 4.75. The van der Waals surface area contributed by atoms with Gasteiger partial charge in [-0.15, -0.1) is 11.3 Å². The Morgan fingerprint density at radius 1 is 1.44 bits per heavy atom. The molecule has 1 heterocycles. The van der Waals surface area contributed by atoms with Crippen molar-refractivity contribution in [1.29, 1.82) is 0 Å². The number of rotatable bonds is 3. The summed E-state index contributed by atoms with van der Waals surface area (Å²) in [6.45, 7) is 2.44. The minimum absolute atomic E-state index is 0.232. The number of aryl methyl sites for hydroxylation is 1. The number of halogens is 1. The van der Waals surface area contributed by atoms with Gasteiger partial charge in [-0.05, 0) is 24.6 Å². The lowest BCUT2D eigenvalue weighted by Crippen LogP contribution is -1.88. The van der Waals surface area contributed by atoms with Crippen LogP contribution in [0.15, 0.2) is 23.6 Å². The molecule has 0 radical (unpaired) electrons. The molecular weight excluding hydrogens is 225 g/mol. The van der Waals surface area contributed by atoms with Gasteiger partial charge in [0, 0.05) is 18.1 Å². The van der Waals surface area contributed by atoms with Crippen LogP contribution in [-0.2, 0) is 11.3 Å². The number of thiazole rings is 1. The molecule has 0 atom stereocenters. The summed E-state index contributed by atoms with van der Waals surface area (Å²) in [4.78, 5) is 4.40. The van der Waals surface area contributed by atoms with Crippen LogP contribution in [0.4, 0.5) is 4.39 Å². The van der Waals surface area contributed by atoms with Gasteiger partial charge in [-0.3, -0.25) is 0 Å². The first kappa shape index (κ1) is 11.2. The smallest absolute Gasteiger partial charge is 0.124 e. The van der Waals surface area contributed by atoms with Crippen molar-refractivity contribution in [2.45, 2.75) is 13.5 Å². The van der Waals surface area contributed by atoms with E-state index in [4.69, 9.17) is 4.74 Å². The molecule has 1 aromatic carbocycles. The molecule has 16 heavy (non-hydrogen) atoms. The quantitative estimate of drug-likeness (QED) is 0.816. The van der Waals surface area contributed by atoms with E-state index in [1.165, 1.54) is 23.5 Å².